The topological polar surface area (TPSA) is 25.8 Å². The van der Waals surface area contributed by atoms with Crippen LogP contribution in [-0.2, 0) is 0 Å². The van der Waals surface area contributed by atoms with E-state index >= 15 is 0 Å². The zero-order valence-corrected chi connectivity index (χ0v) is 33.8. The van der Waals surface area contributed by atoms with E-state index in [9.17, 15) is 0 Å². The molecule has 0 radical (unpaired) electrons. The number of nitrogens with zero attached hydrogens (tertiary/aromatic N) is 2. The molecule has 1 aliphatic carbocycles. The van der Waals surface area contributed by atoms with Gasteiger partial charge in [0.1, 0.15) is 0 Å². The Balaban J connectivity index is 0.918. The smallest absolute Gasteiger partial charge is 0.160 e. The highest BCUT2D eigenvalue weighted by atomic mass is 14.9. The van der Waals surface area contributed by atoms with E-state index in [0.29, 0.717) is 5.82 Å². The number of fused-ring (bicyclic) bond motifs is 4. The fourth-order valence-electron chi connectivity index (χ4n) is 9.44. The quantitative estimate of drug-likeness (QED) is 0.161. The van der Waals surface area contributed by atoms with Crippen LogP contribution >= 0.6 is 0 Å². The molecule has 1 aromatic heterocycles. The Morgan fingerprint density at radius 1 is 0.242 bits per heavy atom. The van der Waals surface area contributed by atoms with Gasteiger partial charge >= 0.3 is 0 Å². The molecule has 0 amide bonds. The standard InChI is InChI=1S/C60H38N2/c1-3-12-39(13-4-1)40-22-28-44(29-23-40)56-38-57(62-60(61-56)47-15-5-2-6-16-47)45-30-24-43(25-31-45)50-35-34-41-14-7-8-17-49(41)58(50)46-32-26-42(27-33-46)48-36-37-55-52-19-10-9-18-51(52)54-21-11-20-53(48)59(54)55/h1-38H. The van der Waals surface area contributed by atoms with Gasteiger partial charge in [0.05, 0.1) is 11.4 Å². The number of hydrogen-bond donors (Lipinski definition) is 0. The Kier molecular flexibility index (Phi) is 8.53. The lowest BCUT2D eigenvalue weighted by Gasteiger charge is -2.16. The molecule has 288 valence electrons. The second-order valence-corrected chi connectivity index (χ2v) is 16.1. The summed E-state index contributed by atoms with van der Waals surface area (Å²) < 4.78 is 0. The van der Waals surface area contributed by atoms with Crippen molar-refractivity contribution < 1.29 is 0 Å². The van der Waals surface area contributed by atoms with Gasteiger partial charge in [-0.2, -0.15) is 0 Å². The number of benzene rings is 10. The van der Waals surface area contributed by atoms with Crippen LogP contribution in [0, 0.1) is 0 Å². The average molecular weight is 787 g/mol. The molecule has 62 heavy (non-hydrogen) atoms. The molecule has 0 N–H and O–H groups in total. The maximum Gasteiger partial charge on any atom is 0.160 e. The monoisotopic (exact) mass is 786 g/mol. The van der Waals surface area contributed by atoms with Crippen molar-refractivity contribution in [3.05, 3.63) is 231 Å². The first-order chi connectivity index (χ1) is 30.7. The number of aromatic nitrogens is 2. The summed E-state index contributed by atoms with van der Waals surface area (Å²) in [4.78, 5) is 10.2. The van der Waals surface area contributed by atoms with E-state index in [1.54, 1.807) is 0 Å². The Hall–Kier alpha value is -8.20. The third-order valence-corrected chi connectivity index (χ3v) is 12.5. The molecule has 0 spiro atoms. The van der Waals surface area contributed by atoms with Gasteiger partial charge in [-0.25, -0.2) is 9.97 Å². The molecular formula is C60H38N2. The van der Waals surface area contributed by atoms with Crippen LogP contribution in [0.5, 0.6) is 0 Å². The highest BCUT2D eigenvalue weighted by Gasteiger charge is 2.22. The van der Waals surface area contributed by atoms with Crippen molar-refractivity contribution in [2.24, 2.45) is 0 Å². The van der Waals surface area contributed by atoms with E-state index in [1.165, 1.54) is 82.7 Å². The molecule has 0 aliphatic heterocycles. The SMILES string of the molecule is c1ccc(-c2ccc(-c3cc(-c4ccc(-c5ccc6ccccc6c5-c5ccc(-c6ccc7c8c(cccc68)-c6ccccc6-7)cc5)cc4)nc(-c4ccccc4)n3)cc2)cc1. The maximum atomic E-state index is 5.14. The van der Waals surface area contributed by atoms with Crippen molar-refractivity contribution >= 4 is 21.5 Å². The molecule has 10 aromatic carbocycles. The molecule has 0 fully saturated rings. The van der Waals surface area contributed by atoms with E-state index in [2.05, 4.69) is 206 Å². The second kappa shape index (κ2) is 14.8. The summed E-state index contributed by atoms with van der Waals surface area (Å²) in [6.45, 7) is 0. The second-order valence-electron chi connectivity index (χ2n) is 16.1. The summed E-state index contributed by atoms with van der Waals surface area (Å²) in [6.07, 6.45) is 0. The third-order valence-electron chi connectivity index (χ3n) is 12.5. The highest BCUT2D eigenvalue weighted by molar-refractivity contribution is 6.18. The van der Waals surface area contributed by atoms with Gasteiger partial charge in [0, 0.05) is 16.7 Å². The molecule has 0 unspecified atom stereocenters. The summed E-state index contributed by atoms with van der Waals surface area (Å²) in [5.41, 5.74) is 19.7. The summed E-state index contributed by atoms with van der Waals surface area (Å²) in [7, 11) is 0. The van der Waals surface area contributed by atoms with Crippen LogP contribution in [0.25, 0.3) is 122 Å². The predicted octanol–water partition coefficient (Wildman–Crippen LogP) is 16.1. The Bertz CT molecular complexity index is 3430. The number of hydrogen-bond acceptors (Lipinski definition) is 2. The maximum absolute atomic E-state index is 5.14. The van der Waals surface area contributed by atoms with Gasteiger partial charge in [0.2, 0.25) is 0 Å². The van der Waals surface area contributed by atoms with Crippen molar-refractivity contribution in [2.75, 3.05) is 0 Å². The lowest BCUT2D eigenvalue weighted by Crippen LogP contribution is -1.96. The zero-order chi connectivity index (χ0) is 41.0. The minimum atomic E-state index is 0.705. The summed E-state index contributed by atoms with van der Waals surface area (Å²) in [5.74, 6) is 0.705. The van der Waals surface area contributed by atoms with Crippen molar-refractivity contribution in [1.82, 2.24) is 9.97 Å². The molecule has 1 aliphatic rings. The molecular weight excluding hydrogens is 749 g/mol. The molecule has 0 saturated carbocycles. The van der Waals surface area contributed by atoms with Crippen molar-refractivity contribution in [3.63, 3.8) is 0 Å². The van der Waals surface area contributed by atoms with Crippen LogP contribution in [0.2, 0.25) is 0 Å². The van der Waals surface area contributed by atoms with Crippen LogP contribution < -0.4 is 0 Å². The zero-order valence-electron chi connectivity index (χ0n) is 33.8. The lowest BCUT2D eigenvalue weighted by atomic mass is 9.88. The molecule has 0 bridgehead atoms. The predicted molar refractivity (Wildman–Crippen MR) is 260 cm³/mol. The van der Waals surface area contributed by atoms with Crippen LogP contribution in [-0.4, -0.2) is 9.97 Å². The van der Waals surface area contributed by atoms with E-state index in [-0.39, 0.29) is 0 Å². The Labute approximate surface area is 361 Å². The highest BCUT2D eigenvalue weighted by Crippen LogP contribution is 2.49. The molecule has 0 saturated heterocycles. The van der Waals surface area contributed by atoms with Gasteiger partial charge < -0.3 is 0 Å². The summed E-state index contributed by atoms with van der Waals surface area (Å²) in [5, 5.41) is 5.10. The van der Waals surface area contributed by atoms with Gasteiger partial charge in [0.15, 0.2) is 5.82 Å². The first-order valence-corrected chi connectivity index (χ1v) is 21.2. The molecule has 12 rings (SSSR count). The van der Waals surface area contributed by atoms with Crippen molar-refractivity contribution in [2.45, 2.75) is 0 Å². The van der Waals surface area contributed by atoms with Gasteiger partial charge in [-0.1, -0.05) is 224 Å². The molecule has 0 atom stereocenters. The largest absolute Gasteiger partial charge is 0.228 e. The van der Waals surface area contributed by atoms with Gasteiger partial charge in [-0.05, 0) is 94.4 Å². The Morgan fingerprint density at radius 2 is 0.694 bits per heavy atom. The summed E-state index contributed by atoms with van der Waals surface area (Å²) in [6, 6.07) is 82.9. The molecule has 2 nitrogen and oxygen atoms in total. The van der Waals surface area contributed by atoms with E-state index < -0.39 is 0 Å². The molecule has 11 aromatic rings. The van der Waals surface area contributed by atoms with E-state index in [0.717, 1.165) is 33.6 Å². The fraction of sp³-hybridized carbons (Fsp3) is 0. The van der Waals surface area contributed by atoms with E-state index in [1.807, 2.05) is 24.3 Å². The van der Waals surface area contributed by atoms with Crippen LogP contribution in [0.4, 0.5) is 0 Å². The van der Waals surface area contributed by atoms with Crippen molar-refractivity contribution in [1.29, 1.82) is 0 Å². The normalized spacial score (nSPS) is 11.5. The van der Waals surface area contributed by atoms with Crippen LogP contribution in [0.1, 0.15) is 0 Å². The van der Waals surface area contributed by atoms with Crippen LogP contribution in [0.3, 0.4) is 0 Å². The first-order valence-electron chi connectivity index (χ1n) is 21.2. The lowest BCUT2D eigenvalue weighted by molar-refractivity contribution is 1.18. The molecule has 2 heteroatoms. The third kappa shape index (κ3) is 6.12. The van der Waals surface area contributed by atoms with Crippen LogP contribution in [0.15, 0.2) is 231 Å². The summed E-state index contributed by atoms with van der Waals surface area (Å²) >= 11 is 0. The van der Waals surface area contributed by atoms with Gasteiger partial charge in [0.25, 0.3) is 0 Å². The number of rotatable bonds is 7. The van der Waals surface area contributed by atoms with E-state index in [4.69, 9.17) is 9.97 Å². The van der Waals surface area contributed by atoms with Crippen molar-refractivity contribution in [3.8, 4) is 101 Å². The minimum absolute atomic E-state index is 0.705. The minimum Gasteiger partial charge on any atom is -0.228 e. The average Bonchev–Trinajstić information content (AvgIpc) is 3.69. The van der Waals surface area contributed by atoms with Gasteiger partial charge in [-0.3, -0.25) is 0 Å². The molecule has 1 heterocycles. The first kappa shape index (κ1) is 35.7. The Morgan fingerprint density at radius 3 is 1.37 bits per heavy atom. The fourth-order valence-corrected chi connectivity index (χ4v) is 9.44. The van der Waals surface area contributed by atoms with Gasteiger partial charge in [-0.15, -0.1) is 0 Å².